The second-order valence-electron chi connectivity index (χ2n) is 6.80. The second kappa shape index (κ2) is 6.69. The van der Waals surface area contributed by atoms with Gasteiger partial charge in [0.2, 0.25) is 0 Å². The van der Waals surface area contributed by atoms with E-state index in [9.17, 15) is 9.90 Å². The van der Waals surface area contributed by atoms with E-state index in [-0.39, 0.29) is 5.91 Å². The van der Waals surface area contributed by atoms with Gasteiger partial charge in [-0.15, -0.1) is 11.3 Å². The number of aryl methyl sites for hydroxylation is 1. The summed E-state index contributed by atoms with van der Waals surface area (Å²) < 4.78 is 0. The van der Waals surface area contributed by atoms with Crippen molar-refractivity contribution in [2.45, 2.75) is 51.2 Å². The van der Waals surface area contributed by atoms with Crippen LogP contribution in [0.1, 0.15) is 41.9 Å². The van der Waals surface area contributed by atoms with E-state index in [2.05, 4.69) is 24.4 Å². The second-order valence-corrected chi connectivity index (χ2v) is 8.17. The third-order valence-corrected chi connectivity index (χ3v) is 5.92. The van der Waals surface area contributed by atoms with Crippen LogP contribution in [0.4, 0.5) is 0 Å². The molecule has 1 unspecified atom stereocenters. The topological polar surface area (TPSA) is 52.6 Å². The van der Waals surface area contributed by atoms with Gasteiger partial charge in [-0.2, -0.15) is 0 Å². The molecule has 1 saturated heterocycles. The molecule has 4 nitrogen and oxygen atoms in total. The van der Waals surface area contributed by atoms with Crippen molar-refractivity contribution in [3.8, 4) is 0 Å². The van der Waals surface area contributed by atoms with E-state index in [1.165, 1.54) is 29.0 Å². The third-order valence-electron chi connectivity index (χ3n) is 4.92. The summed E-state index contributed by atoms with van der Waals surface area (Å²) in [4.78, 5) is 17.0. The van der Waals surface area contributed by atoms with Gasteiger partial charge in [0.05, 0.1) is 0 Å². The zero-order chi connectivity index (χ0) is 15.6. The Bertz CT molecular complexity index is 526. The minimum Gasteiger partial charge on any atom is -0.379 e. The molecule has 122 valence electrons. The number of hydrogen-bond donors (Lipinski definition) is 2. The van der Waals surface area contributed by atoms with Crippen LogP contribution in [-0.4, -0.2) is 41.1 Å². The van der Waals surface area contributed by atoms with Crippen molar-refractivity contribution in [1.82, 2.24) is 10.2 Å². The molecule has 3 rings (SSSR count). The number of rotatable bonds is 6. The van der Waals surface area contributed by atoms with Crippen molar-refractivity contribution in [3.05, 3.63) is 21.9 Å². The highest BCUT2D eigenvalue weighted by atomic mass is 32.1. The van der Waals surface area contributed by atoms with Crippen LogP contribution in [0.15, 0.2) is 12.1 Å². The fraction of sp³-hybridized carbons (Fsp3) is 0.706. The Kier molecular flexibility index (Phi) is 4.85. The SMILES string of the molecule is Cc1ccc(CNCC2(O)CCCN(CC3CCC3)C2=O)s1. The number of nitrogens with one attached hydrogen (secondary N) is 1. The average molecular weight is 322 g/mol. The Labute approximate surface area is 136 Å². The predicted molar refractivity (Wildman–Crippen MR) is 88.9 cm³/mol. The lowest BCUT2D eigenvalue weighted by Gasteiger charge is -2.41. The number of likely N-dealkylation sites (tertiary alicyclic amines) is 1. The first-order valence-corrected chi connectivity index (χ1v) is 9.16. The Morgan fingerprint density at radius 1 is 1.41 bits per heavy atom. The monoisotopic (exact) mass is 322 g/mol. The van der Waals surface area contributed by atoms with Crippen molar-refractivity contribution >= 4 is 17.2 Å². The number of aliphatic hydroxyl groups is 1. The predicted octanol–water partition coefficient (Wildman–Crippen LogP) is 2.30. The summed E-state index contributed by atoms with van der Waals surface area (Å²) in [5.74, 6) is 0.592. The van der Waals surface area contributed by atoms with Crippen molar-refractivity contribution in [2.24, 2.45) is 5.92 Å². The first-order chi connectivity index (χ1) is 10.6. The van der Waals surface area contributed by atoms with Gasteiger partial charge in [0.1, 0.15) is 0 Å². The molecule has 0 aromatic carbocycles. The van der Waals surface area contributed by atoms with E-state index < -0.39 is 5.60 Å². The highest BCUT2D eigenvalue weighted by Gasteiger charge is 2.42. The molecule has 2 aliphatic rings. The fourth-order valence-corrected chi connectivity index (χ4v) is 4.22. The maximum Gasteiger partial charge on any atom is 0.255 e. The summed E-state index contributed by atoms with van der Waals surface area (Å²) in [7, 11) is 0. The van der Waals surface area contributed by atoms with E-state index >= 15 is 0 Å². The first-order valence-electron chi connectivity index (χ1n) is 8.35. The average Bonchev–Trinajstić information content (AvgIpc) is 2.84. The lowest BCUT2D eigenvalue weighted by molar-refractivity contribution is -0.157. The Balaban J connectivity index is 1.52. The number of hydrogen-bond acceptors (Lipinski definition) is 4. The molecule has 1 aromatic heterocycles. The number of piperidine rings is 1. The lowest BCUT2D eigenvalue weighted by Crippen LogP contribution is -2.58. The van der Waals surface area contributed by atoms with Crippen LogP contribution in [0.25, 0.3) is 0 Å². The molecule has 0 radical (unpaired) electrons. The van der Waals surface area contributed by atoms with Crippen molar-refractivity contribution in [2.75, 3.05) is 19.6 Å². The van der Waals surface area contributed by atoms with Gasteiger partial charge >= 0.3 is 0 Å². The molecule has 0 spiro atoms. The van der Waals surface area contributed by atoms with Gasteiger partial charge in [0.25, 0.3) is 5.91 Å². The summed E-state index contributed by atoms with van der Waals surface area (Å²) in [6, 6.07) is 4.20. The zero-order valence-electron chi connectivity index (χ0n) is 13.3. The van der Waals surface area contributed by atoms with Crippen LogP contribution < -0.4 is 5.32 Å². The maximum atomic E-state index is 12.6. The van der Waals surface area contributed by atoms with Gasteiger partial charge in [0, 0.05) is 35.9 Å². The Hall–Kier alpha value is -0.910. The smallest absolute Gasteiger partial charge is 0.255 e. The molecular formula is C17H26N2O2S. The minimum absolute atomic E-state index is 0.0690. The summed E-state index contributed by atoms with van der Waals surface area (Å²) in [6.07, 6.45) is 5.23. The molecule has 1 aromatic rings. The fourth-order valence-electron chi connectivity index (χ4n) is 3.36. The van der Waals surface area contributed by atoms with Crippen molar-refractivity contribution in [1.29, 1.82) is 0 Å². The minimum atomic E-state index is -1.21. The van der Waals surface area contributed by atoms with Crippen LogP contribution in [0.3, 0.4) is 0 Å². The number of amides is 1. The maximum absolute atomic E-state index is 12.6. The molecule has 5 heteroatoms. The molecule has 2 N–H and O–H groups in total. The standard InChI is InChI=1S/C17H26N2O2S/c1-13-6-7-15(22-13)10-18-12-17(21)8-3-9-19(16(17)20)11-14-4-2-5-14/h6-7,14,18,21H,2-5,8-12H2,1H3. The van der Waals surface area contributed by atoms with E-state index in [0.717, 1.165) is 26.1 Å². The van der Waals surface area contributed by atoms with Gasteiger partial charge in [-0.3, -0.25) is 4.79 Å². The quantitative estimate of drug-likeness (QED) is 0.845. The molecule has 2 fully saturated rings. The van der Waals surface area contributed by atoms with Crippen LogP contribution in [-0.2, 0) is 11.3 Å². The highest BCUT2D eigenvalue weighted by Crippen LogP contribution is 2.30. The highest BCUT2D eigenvalue weighted by molar-refractivity contribution is 7.11. The summed E-state index contributed by atoms with van der Waals surface area (Å²) in [5, 5.41) is 14.0. The molecular weight excluding hydrogens is 296 g/mol. The molecule has 1 amide bonds. The number of carbonyl (C=O) groups is 1. The van der Waals surface area contributed by atoms with E-state index in [4.69, 9.17) is 0 Å². The number of nitrogens with zero attached hydrogens (tertiary/aromatic N) is 1. The normalized spacial score (nSPS) is 26.3. The van der Waals surface area contributed by atoms with Gasteiger partial charge in [-0.25, -0.2) is 0 Å². The van der Waals surface area contributed by atoms with Gasteiger partial charge in [0.15, 0.2) is 5.60 Å². The van der Waals surface area contributed by atoms with Crippen LogP contribution >= 0.6 is 11.3 Å². The molecule has 1 aliphatic heterocycles. The van der Waals surface area contributed by atoms with Crippen molar-refractivity contribution < 1.29 is 9.90 Å². The largest absolute Gasteiger partial charge is 0.379 e. The zero-order valence-corrected chi connectivity index (χ0v) is 14.1. The summed E-state index contributed by atoms with van der Waals surface area (Å²) >= 11 is 1.75. The lowest BCUT2D eigenvalue weighted by atomic mass is 9.83. The molecule has 0 bridgehead atoms. The van der Waals surface area contributed by atoms with Gasteiger partial charge in [-0.05, 0) is 50.7 Å². The Morgan fingerprint density at radius 3 is 2.86 bits per heavy atom. The molecule has 1 saturated carbocycles. The number of thiophene rings is 1. The summed E-state index contributed by atoms with van der Waals surface area (Å²) in [6.45, 7) is 4.80. The van der Waals surface area contributed by atoms with E-state index in [1.807, 2.05) is 4.90 Å². The van der Waals surface area contributed by atoms with Crippen LogP contribution in [0.2, 0.25) is 0 Å². The first kappa shape index (κ1) is 16.0. The van der Waals surface area contributed by atoms with Crippen LogP contribution in [0, 0.1) is 12.8 Å². The van der Waals surface area contributed by atoms with E-state index in [0.29, 0.717) is 18.9 Å². The summed E-state index contributed by atoms with van der Waals surface area (Å²) in [5.41, 5.74) is -1.21. The van der Waals surface area contributed by atoms with Crippen LogP contribution in [0.5, 0.6) is 0 Å². The third kappa shape index (κ3) is 3.53. The van der Waals surface area contributed by atoms with E-state index in [1.54, 1.807) is 11.3 Å². The molecule has 1 atom stereocenters. The van der Waals surface area contributed by atoms with Gasteiger partial charge < -0.3 is 15.3 Å². The Morgan fingerprint density at radius 2 is 2.23 bits per heavy atom. The molecule has 2 heterocycles. The van der Waals surface area contributed by atoms with Crippen molar-refractivity contribution in [3.63, 3.8) is 0 Å². The number of carbonyl (C=O) groups excluding carboxylic acids is 1. The molecule has 1 aliphatic carbocycles. The molecule has 22 heavy (non-hydrogen) atoms. The van der Waals surface area contributed by atoms with Gasteiger partial charge in [-0.1, -0.05) is 6.42 Å².